The quantitative estimate of drug-likeness (QED) is 0.689. The van der Waals surface area contributed by atoms with Gasteiger partial charge in [-0.1, -0.05) is 18.2 Å². The van der Waals surface area contributed by atoms with Gasteiger partial charge in [0.25, 0.3) is 5.91 Å². The average molecular weight is 395 g/mol. The van der Waals surface area contributed by atoms with Crippen LogP contribution in [0.25, 0.3) is 0 Å². The average Bonchev–Trinajstić information content (AvgIpc) is 2.67. The van der Waals surface area contributed by atoms with Gasteiger partial charge in [-0.25, -0.2) is 4.79 Å². The lowest BCUT2D eigenvalue weighted by Crippen LogP contribution is -2.30. The van der Waals surface area contributed by atoms with Crippen LogP contribution in [-0.4, -0.2) is 38.8 Å². The molecule has 0 fully saturated rings. The molecule has 0 saturated heterocycles. The number of rotatable bonds is 8. The van der Waals surface area contributed by atoms with Crippen molar-refractivity contribution in [3.05, 3.63) is 48.0 Å². The lowest BCUT2D eigenvalue weighted by molar-refractivity contribution is -0.122. The van der Waals surface area contributed by atoms with Crippen molar-refractivity contribution in [2.45, 2.75) is 19.6 Å². The highest BCUT2D eigenvalue weighted by Crippen LogP contribution is 2.35. The third-order valence-electron chi connectivity index (χ3n) is 3.61. The molecule has 7 nitrogen and oxygen atoms in total. The molecule has 150 valence electrons. The van der Waals surface area contributed by atoms with Crippen LogP contribution in [0.5, 0.6) is 17.2 Å². The molecule has 2 aromatic rings. The van der Waals surface area contributed by atoms with Crippen molar-refractivity contribution in [2.75, 3.05) is 19.5 Å². The van der Waals surface area contributed by atoms with Gasteiger partial charge >= 0.3 is 12.6 Å². The van der Waals surface area contributed by atoms with Gasteiger partial charge in [-0.3, -0.25) is 4.79 Å². The number of alkyl halides is 2. The van der Waals surface area contributed by atoms with Crippen LogP contribution in [0, 0.1) is 0 Å². The Morgan fingerprint density at radius 3 is 2.25 bits per heavy atom. The van der Waals surface area contributed by atoms with Gasteiger partial charge in [-0.15, -0.1) is 0 Å². The molecule has 0 aliphatic rings. The number of hydrogen-bond acceptors (Lipinski definition) is 6. The lowest BCUT2D eigenvalue weighted by atomic mass is 10.1. The predicted octanol–water partition coefficient (Wildman–Crippen LogP) is 3.49. The summed E-state index contributed by atoms with van der Waals surface area (Å²) >= 11 is 0. The van der Waals surface area contributed by atoms with Gasteiger partial charge in [0.1, 0.15) is 5.75 Å². The molecule has 2 rings (SSSR count). The fraction of sp³-hybridized carbons (Fsp3) is 0.263. The second kappa shape index (κ2) is 9.54. The summed E-state index contributed by atoms with van der Waals surface area (Å²) in [5.41, 5.74) is -0.182. The van der Waals surface area contributed by atoms with E-state index in [4.69, 9.17) is 9.47 Å². The molecule has 1 N–H and O–H groups in total. The van der Waals surface area contributed by atoms with Gasteiger partial charge in [0, 0.05) is 12.1 Å². The summed E-state index contributed by atoms with van der Waals surface area (Å²) in [5.74, 6) is -1.41. The molecule has 0 radical (unpaired) electrons. The molecule has 1 unspecified atom stereocenters. The molecule has 0 saturated carbocycles. The molecule has 2 aromatic carbocycles. The van der Waals surface area contributed by atoms with Gasteiger partial charge < -0.3 is 24.3 Å². The number of ether oxygens (including phenoxy) is 4. The monoisotopic (exact) mass is 395 g/mol. The van der Waals surface area contributed by atoms with E-state index in [1.165, 1.54) is 14.0 Å². The Bertz CT molecular complexity index is 829. The smallest absolute Gasteiger partial charge is 0.387 e. The fourth-order valence-corrected chi connectivity index (χ4v) is 2.28. The Labute approximate surface area is 160 Å². The van der Waals surface area contributed by atoms with E-state index in [0.29, 0.717) is 5.75 Å². The first-order valence-electron chi connectivity index (χ1n) is 8.13. The largest absolute Gasteiger partial charge is 0.493 e. The molecular weight excluding hydrogens is 376 g/mol. The zero-order valence-electron chi connectivity index (χ0n) is 15.4. The minimum atomic E-state index is -3.12. The van der Waals surface area contributed by atoms with Crippen molar-refractivity contribution in [1.29, 1.82) is 0 Å². The van der Waals surface area contributed by atoms with Crippen molar-refractivity contribution >= 4 is 17.6 Å². The maximum Gasteiger partial charge on any atom is 0.387 e. The molecule has 1 atom stereocenters. The van der Waals surface area contributed by atoms with Crippen LogP contribution in [0.4, 0.5) is 14.5 Å². The van der Waals surface area contributed by atoms with E-state index < -0.39 is 24.6 Å². The molecule has 9 heteroatoms. The number of methoxy groups -OCH3 is 2. The number of halogens is 2. The highest BCUT2D eigenvalue weighted by molar-refractivity contribution is 6.03. The first kappa shape index (κ1) is 20.9. The predicted molar refractivity (Wildman–Crippen MR) is 96.1 cm³/mol. The second-order valence-corrected chi connectivity index (χ2v) is 5.48. The standard InChI is InChI=1S/C19H19F2NO6/c1-11(27-12-7-5-4-6-8-12)17(23)22-14-10-16(28-19(20)21)15(25-2)9-13(14)18(24)26-3/h4-11,19H,1-3H3,(H,22,23). The van der Waals surface area contributed by atoms with E-state index in [-0.39, 0.29) is 22.7 Å². The SMILES string of the molecule is COC(=O)c1cc(OC)c(OC(F)F)cc1NC(=O)C(C)Oc1ccccc1. The number of carbonyl (C=O) groups is 2. The fourth-order valence-electron chi connectivity index (χ4n) is 2.28. The molecule has 0 aliphatic heterocycles. The Hall–Kier alpha value is -3.36. The molecule has 0 aliphatic carbocycles. The normalized spacial score (nSPS) is 11.5. The summed E-state index contributed by atoms with van der Waals surface area (Å²) in [6, 6.07) is 10.8. The van der Waals surface area contributed by atoms with E-state index in [9.17, 15) is 18.4 Å². The number of hydrogen-bond donors (Lipinski definition) is 1. The molecule has 1 amide bonds. The first-order valence-corrected chi connectivity index (χ1v) is 8.13. The molecule has 28 heavy (non-hydrogen) atoms. The number of nitrogens with one attached hydrogen (secondary N) is 1. The van der Waals surface area contributed by atoms with Crippen LogP contribution in [0.3, 0.4) is 0 Å². The van der Waals surface area contributed by atoms with Gasteiger partial charge in [-0.2, -0.15) is 8.78 Å². The zero-order valence-corrected chi connectivity index (χ0v) is 15.4. The van der Waals surface area contributed by atoms with E-state index in [1.807, 2.05) is 0 Å². The van der Waals surface area contributed by atoms with E-state index in [0.717, 1.165) is 19.2 Å². The highest BCUT2D eigenvalue weighted by atomic mass is 19.3. The maximum atomic E-state index is 12.7. The van der Waals surface area contributed by atoms with Crippen molar-refractivity contribution in [3.8, 4) is 17.2 Å². The molecule has 0 bridgehead atoms. The van der Waals surface area contributed by atoms with Crippen molar-refractivity contribution in [3.63, 3.8) is 0 Å². The summed E-state index contributed by atoms with van der Waals surface area (Å²) in [5, 5.41) is 2.47. The van der Waals surface area contributed by atoms with Crippen LogP contribution in [0.1, 0.15) is 17.3 Å². The van der Waals surface area contributed by atoms with Gasteiger partial charge in [0.15, 0.2) is 17.6 Å². The number of benzene rings is 2. The molecule has 0 heterocycles. The van der Waals surface area contributed by atoms with Crippen molar-refractivity contribution < 1.29 is 37.3 Å². The third kappa shape index (κ3) is 5.32. The molecular formula is C19H19F2NO6. The summed E-state index contributed by atoms with van der Waals surface area (Å²) in [7, 11) is 2.37. The highest BCUT2D eigenvalue weighted by Gasteiger charge is 2.23. The Balaban J connectivity index is 2.30. The zero-order chi connectivity index (χ0) is 20.7. The van der Waals surface area contributed by atoms with E-state index in [1.54, 1.807) is 30.3 Å². The number of para-hydroxylation sites is 1. The summed E-state index contributed by atoms with van der Waals surface area (Å²) < 4.78 is 44.8. The summed E-state index contributed by atoms with van der Waals surface area (Å²) in [6.45, 7) is -1.62. The van der Waals surface area contributed by atoms with Crippen molar-refractivity contribution in [2.24, 2.45) is 0 Å². The number of carbonyl (C=O) groups excluding carboxylic acids is 2. The molecule has 0 spiro atoms. The molecule has 0 aromatic heterocycles. The van der Waals surface area contributed by atoms with Crippen LogP contribution in [0.15, 0.2) is 42.5 Å². The Morgan fingerprint density at radius 1 is 1.00 bits per heavy atom. The number of anilines is 1. The van der Waals surface area contributed by atoms with Crippen LogP contribution < -0.4 is 19.5 Å². The van der Waals surface area contributed by atoms with Gasteiger partial charge in [0.2, 0.25) is 0 Å². The summed E-state index contributed by atoms with van der Waals surface area (Å²) in [4.78, 5) is 24.5. The Kier molecular flexibility index (Phi) is 7.14. The van der Waals surface area contributed by atoms with Crippen molar-refractivity contribution in [1.82, 2.24) is 0 Å². The first-order chi connectivity index (χ1) is 13.3. The second-order valence-electron chi connectivity index (χ2n) is 5.48. The van der Waals surface area contributed by atoms with Gasteiger partial charge in [-0.05, 0) is 19.1 Å². The lowest BCUT2D eigenvalue weighted by Gasteiger charge is -2.18. The minimum Gasteiger partial charge on any atom is -0.493 e. The van der Waals surface area contributed by atoms with Crippen LogP contribution in [-0.2, 0) is 9.53 Å². The number of amides is 1. The maximum absolute atomic E-state index is 12.7. The topological polar surface area (TPSA) is 83.1 Å². The number of esters is 1. The Morgan fingerprint density at radius 2 is 1.68 bits per heavy atom. The minimum absolute atomic E-state index is 0.0863. The summed E-state index contributed by atoms with van der Waals surface area (Å²) in [6.07, 6.45) is -0.936. The van der Waals surface area contributed by atoms with Crippen LogP contribution >= 0.6 is 0 Å². The van der Waals surface area contributed by atoms with E-state index in [2.05, 4.69) is 14.8 Å². The van der Waals surface area contributed by atoms with Gasteiger partial charge in [0.05, 0.1) is 25.5 Å². The van der Waals surface area contributed by atoms with Crippen LogP contribution in [0.2, 0.25) is 0 Å². The third-order valence-corrected chi connectivity index (χ3v) is 3.61. The van der Waals surface area contributed by atoms with E-state index >= 15 is 0 Å².